The van der Waals surface area contributed by atoms with E-state index in [4.69, 9.17) is 17.3 Å². The highest BCUT2D eigenvalue weighted by Gasteiger charge is 2.37. The molecule has 2 aliphatic heterocycles. The van der Waals surface area contributed by atoms with Gasteiger partial charge in [-0.05, 0) is 37.6 Å². The minimum absolute atomic E-state index is 0.278. The van der Waals surface area contributed by atoms with Crippen LogP contribution in [0.25, 0.3) is 0 Å². The predicted octanol–water partition coefficient (Wildman–Crippen LogP) is 2.73. The van der Waals surface area contributed by atoms with Gasteiger partial charge in [0.05, 0.1) is 6.20 Å². The highest BCUT2D eigenvalue weighted by atomic mass is 35.5. The molecule has 3 heterocycles. The van der Waals surface area contributed by atoms with Crippen LogP contribution >= 0.6 is 11.6 Å². The average molecular weight is 359 g/mol. The molecule has 2 aliphatic rings. The maximum absolute atomic E-state index is 5.85. The number of nitrogen functional groups attached to an aromatic ring is 1. The molecule has 2 saturated heterocycles. The molecule has 2 atom stereocenters. The molecule has 0 saturated carbocycles. The molecule has 2 fully saturated rings. The molecule has 6 nitrogen and oxygen atoms in total. The second-order valence-electron chi connectivity index (χ2n) is 6.99. The third-order valence-corrected chi connectivity index (χ3v) is 5.60. The smallest absolute Gasteiger partial charge is 0.229 e. The van der Waals surface area contributed by atoms with Crippen molar-refractivity contribution >= 4 is 29.1 Å². The molecule has 1 aromatic heterocycles. The lowest BCUT2D eigenvalue weighted by Gasteiger charge is -2.38. The fraction of sp³-hybridized carbons (Fsp3) is 0.444. The molecule has 4 rings (SSSR count). The van der Waals surface area contributed by atoms with Crippen LogP contribution in [0.5, 0.6) is 0 Å². The van der Waals surface area contributed by atoms with Crippen LogP contribution in [0.2, 0.25) is 5.02 Å². The van der Waals surface area contributed by atoms with Gasteiger partial charge in [0.25, 0.3) is 0 Å². The molecule has 132 valence electrons. The largest absolute Gasteiger partial charge is 0.382 e. The highest BCUT2D eigenvalue weighted by molar-refractivity contribution is 6.32. The van der Waals surface area contributed by atoms with Gasteiger partial charge in [0.1, 0.15) is 10.8 Å². The summed E-state index contributed by atoms with van der Waals surface area (Å²) < 4.78 is 0. The zero-order chi connectivity index (χ0) is 17.4. The number of likely N-dealkylation sites (tertiary alicyclic amines) is 1. The van der Waals surface area contributed by atoms with Crippen LogP contribution < -0.4 is 11.1 Å². The third-order valence-electron chi connectivity index (χ3n) is 5.31. The summed E-state index contributed by atoms with van der Waals surface area (Å²) in [5.41, 5.74) is 7.97. The molecule has 2 bridgehead atoms. The van der Waals surface area contributed by atoms with E-state index in [2.05, 4.69) is 44.3 Å². The molecule has 2 aromatic rings. The van der Waals surface area contributed by atoms with Crippen molar-refractivity contribution in [1.29, 1.82) is 0 Å². The van der Waals surface area contributed by atoms with Gasteiger partial charge < -0.3 is 11.1 Å². The minimum atomic E-state index is 0.278. The number of likely N-dealkylation sites (N-methyl/N-ethyl adjacent to an activating group) is 1. The first kappa shape index (κ1) is 16.6. The first-order valence-corrected chi connectivity index (χ1v) is 9.04. The van der Waals surface area contributed by atoms with Gasteiger partial charge in [0.15, 0.2) is 0 Å². The van der Waals surface area contributed by atoms with Crippen LogP contribution in [-0.2, 0) is 6.54 Å². The minimum Gasteiger partial charge on any atom is -0.382 e. The summed E-state index contributed by atoms with van der Waals surface area (Å²) in [4.78, 5) is 13.4. The van der Waals surface area contributed by atoms with Crippen molar-refractivity contribution < 1.29 is 0 Å². The molecule has 25 heavy (non-hydrogen) atoms. The van der Waals surface area contributed by atoms with Crippen LogP contribution in [0.1, 0.15) is 18.4 Å². The van der Waals surface area contributed by atoms with Crippen molar-refractivity contribution in [3.8, 4) is 0 Å². The monoisotopic (exact) mass is 358 g/mol. The van der Waals surface area contributed by atoms with Crippen molar-refractivity contribution in [1.82, 2.24) is 19.8 Å². The van der Waals surface area contributed by atoms with Gasteiger partial charge in [0, 0.05) is 37.4 Å². The molecule has 0 amide bonds. The Kier molecular flexibility index (Phi) is 4.50. The van der Waals surface area contributed by atoms with Crippen LogP contribution in [0.15, 0.2) is 30.5 Å². The van der Waals surface area contributed by atoms with E-state index in [0.29, 0.717) is 11.0 Å². The summed E-state index contributed by atoms with van der Waals surface area (Å²) in [7, 11) is 2.27. The number of rotatable bonds is 4. The number of hydrogen-bond acceptors (Lipinski definition) is 6. The summed E-state index contributed by atoms with van der Waals surface area (Å²) in [6, 6.07) is 9.87. The molecule has 1 aromatic carbocycles. The van der Waals surface area contributed by atoms with E-state index < -0.39 is 0 Å². The normalized spacial score (nSPS) is 23.8. The molecule has 3 N–H and O–H groups in total. The second kappa shape index (κ2) is 6.78. The van der Waals surface area contributed by atoms with Gasteiger partial charge in [0.2, 0.25) is 5.95 Å². The summed E-state index contributed by atoms with van der Waals surface area (Å²) >= 11 is 5.85. The Morgan fingerprint density at radius 2 is 1.88 bits per heavy atom. The fourth-order valence-electron chi connectivity index (χ4n) is 3.85. The van der Waals surface area contributed by atoms with Crippen LogP contribution in [0.4, 0.5) is 17.5 Å². The van der Waals surface area contributed by atoms with Crippen molar-refractivity contribution in [2.75, 3.05) is 31.2 Å². The molecule has 2 unspecified atom stereocenters. The van der Waals surface area contributed by atoms with Crippen LogP contribution in [0.3, 0.4) is 0 Å². The third kappa shape index (κ3) is 3.56. The number of nitrogens with one attached hydrogen (secondary N) is 1. The molecule has 0 spiro atoms. The van der Waals surface area contributed by atoms with Gasteiger partial charge in [-0.25, -0.2) is 4.98 Å². The quantitative estimate of drug-likeness (QED) is 0.875. The lowest BCUT2D eigenvalue weighted by molar-refractivity contribution is 0.0838. The number of halogens is 1. The molecule has 0 aliphatic carbocycles. The van der Waals surface area contributed by atoms with E-state index in [9.17, 15) is 0 Å². The van der Waals surface area contributed by atoms with Crippen molar-refractivity contribution in [2.24, 2.45) is 0 Å². The summed E-state index contributed by atoms with van der Waals surface area (Å²) in [5.74, 6) is 0.728. The second-order valence-corrected chi connectivity index (χ2v) is 7.40. The molecule has 0 radical (unpaired) electrons. The fourth-order valence-corrected chi connectivity index (χ4v) is 3.94. The zero-order valence-electron chi connectivity index (χ0n) is 14.3. The first-order valence-electron chi connectivity index (χ1n) is 8.67. The Labute approximate surface area is 153 Å². The summed E-state index contributed by atoms with van der Waals surface area (Å²) in [5, 5.41) is 3.51. The Bertz CT molecular complexity index is 736. The standard InChI is InChI=1S/C18H23ClN6/c1-24-14-6-7-15(24)11-25(10-14)9-12-2-4-13(5-3-12)22-18-21-8-16(19)17(20)23-18/h2-5,8,14-15H,6-7,9-11H2,1H3,(H3,20,21,22,23). The Balaban J connectivity index is 1.38. The Hall–Kier alpha value is -1.89. The number of anilines is 3. The average Bonchev–Trinajstić information content (AvgIpc) is 2.82. The number of aromatic nitrogens is 2. The van der Waals surface area contributed by atoms with E-state index in [1.807, 2.05) is 12.1 Å². The van der Waals surface area contributed by atoms with Gasteiger partial charge in [-0.15, -0.1) is 0 Å². The highest BCUT2D eigenvalue weighted by Crippen LogP contribution is 2.29. The number of fused-ring (bicyclic) bond motifs is 2. The Morgan fingerprint density at radius 1 is 1.20 bits per heavy atom. The van der Waals surface area contributed by atoms with Gasteiger partial charge in [-0.1, -0.05) is 23.7 Å². The van der Waals surface area contributed by atoms with E-state index in [0.717, 1.165) is 24.3 Å². The van der Waals surface area contributed by atoms with Crippen LogP contribution in [0, 0.1) is 0 Å². The number of nitrogens with two attached hydrogens (primary N) is 1. The topological polar surface area (TPSA) is 70.3 Å². The summed E-state index contributed by atoms with van der Waals surface area (Å²) in [6.07, 6.45) is 4.18. The number of nitrogens with zero attached hydrogens (tertiary/aromatic N) is 4. The molecule has 7 heteroatoms. The van der Waals surface area contributed by atoms with Crippen molar-refractivity contribution in [2.45, 2.75) is 31.5 Å². The zero-order valence-corrected chi connectivity index (χ0v) is 15.1. The van der Waals surface area contributed by atoms with Gasteiger partial charge in [-0.3, -0.25) is 9.80 Å². The predicted molar refractivity (Wildman–Crippen MR) is 101 cm³/mol. The Morgan fingerprint density at radius 3 is 2.52 bits per heavy atom. The van der Waals surface area contributed by atoms with Crippen molar-refractivity contribution in [3.05, 3.63) is 41.0 Å². The van der Waals surface area contributed by atoms with E-state index >= 15 is 0 Å². The number of hydrogen-bond donors (Lipinski definition) is 2. The lowest BCUT2D eigenvalue weighted by Crippen LogP contribution is -2.51. The first-order chi connectivity index (χ1) is 12.1. The lowest BCUT2D eigenvalue weighted by atomic mass is 10.1. The maximum atomic E-state index is 5.85. The molecular formula is C18H23ClN6. The van der Waals surface area contributed by atoms with Gasteiger partial charge >= 0.3 is 0 Å². The van der Waals surface area contributed by atoms with Gasteiger partial charge in [-0.2, -0.15) is 4.98 Å². The maximum Gasteiger partial charge on any atom is 0.229 e. The van der Waals surface area contributed by atoms with E-state index in [1.165, 1.54) is 37.7 Å². The SMILES string of the molecule is CN1C2CCC1CN(Cc1ccc(Nc3ncc(Cl)c(N)n3)cc1)C2. The molecular weight excluding hydrogens is 336 g/mol. The summed E-state index contributed by atoms with van der Waals surface area (Å²) in [6.45, 7) is 3.35. The van der Waals surface area contributed by atoms with Crippen LogP contribution in [-0.4, -0.2) is 52.0 Å². The number of piperazine rings is 1. The van der Waals surface area contributed by atoms with E-state index in [1.54, 1.807) is 0 Å². The van der Waals surface area contributed by atoms with E-state index in [-0.39, 0.29) is 5.82 Å². The van der Waals surface area contributed by atoms with Crippen molar-refractivity contribution in [3.63, 3.8) is 0 Å². The number of benzene rings is 1.